The molecule has 174 valence electrons. The first-order valence-corrected chi connectivity index (χ1v) is 11.5. The van der Waals surface area contributed by atoms with Gasteiger partial charge < -0.3 is 4.74 Å². The van der Waals surface area contributed by atoms with Crippen molar-refractivity contribution in [2.24, 2.45) is 5.92 Å². The van der Waals surface area contributed by atoms with Gasteiger partial charge in [0.15, 0.2) is 5.78 Å². The monoisotopic (exact) mass is 446 g/mol. The van der Waals surface area contributed by atoms with Crippen LogP contribution in [0.2, 0.25) is 0 Å². The van der Waals surface area contributed by atoms with Gasteiger partial charge in [0.2, 0.25) is 0 Å². The molecule has 2 nitrogen and oxygen atoms in total. The maximum Gasteiger partial charge on any atom is 0.416 e. The van der Waals surface area contributed by atoms with Crippen LogP contribution in [0.3, 0.4) is 0 Å². The van der Waals surface area contributed by atoms with E-state index in [1.54, 1.807) is 0 Å². The Kier molecular flexibility index (Phi) is 7.06. The van der Waals surface area contributed by atoms with Crippen LogP contribution >= 0.6 is 0 Å². The molecule has 3 rings (SSSR count). The average Bonchev–Trinajstić information content (AvgIpc) is 2.70. The summed E-state index contributed by atoms with van der Waals surface area (Å²) in [5.74, 6) is 0.710. The second kappa shape index (κ2) is 9.29. The normalized spacial score (nSPS) is 17.9. The molecule has 1 unspecified atom stereocenters. The molecule has 0 saturated heterocycles. The summed E-state index contributed by atoms with van der Waals surface area (Å²) in [7, 11) is 0. The van der Waals surface area contributed by atoms with Gasteiger partial charge in [-0.25, -0.2) is 0 Å². The first-order valence-electron chi connectivity index (χ1n) is 11.5. The van der Waals surface area contributed by atoms with Crippen molar-refractivity contribution in [3.05, 3.63) is 64.2 Å². The van der Waals surface area contributed by atoms with Gasteiger partial charge in [-0.1, -0.05) is 52.2 Å². The number of hydrogen-bond donors (Lipinski definition) is 0. The summed E-state index contributed by atoms with van der Waals surface area (Å²) in [6.45, 7) is 10.2. The number of carbonyl (C=O) groups is 1. The van der Waals surface area contributed by atoms with Gasteiger partial charge in [0, 0.05) is 0 Å². The van der Waals surface area contributed by atoms with E-state index in [1.807, 2.05) is 26.0 Å². The molecule has 0 spiro atoms. The average molecular weight is 447 g/mol. The Morgan fingerprint density at radius 1 is 1.06 bits per heavy atom. The van der Waals surface area contributed by atoms with E-state index in [9.17, 15) is 18.0 Å². The first-order chi connectivity index (χ1) is 14.9. The largest absolute Gasteiger partial charge is 0.486 e. The number of ketones is 1. The van der Waals surface area contributed by atoms with Crippen LogP contribution in [0, 0.1) is 5.92 Å². The molecule has 1 aliphatic rings. The van der Waals surface area contributed by atoms with E-state index >= 15 is 0 Å². The fourth-order valence-corrected chi connectivity index (χ4v) is 4.57. The van der Waals surface area contributed by atoms with Crippen LogP contribution in [0.15, 0.2) is 36.4 Å². The van der Waals surface area contributed by atoms with E-state index in [2.05, 4.69) is 20.8 Å². The Morgan fingerprint density at radius 3 is 2.28 bits per heavy atom. The summed E-state index contributed by atoms with van der Waals surface area (Å²) in [5, 5.41) is 0. The highest BCUT2D eigenvalue weighted by molar-refractivity contribution is 6.02. The van der Waals surface area contributed by atoms with Gasteiger partial charge in [0.05, 0.1) is 17.0 Å². The Hall–Kier alpha value is -2.30. The molecule has 0 saturated carbocycles. The Morgan fingerprint density at radius 2 is 1.72 bits per heavy atom. The lowest BCUT2D eigenvalue weighted by Crippen LogP contribution is -2.46. The highest BCUT2D eigenvalue weighted by Crippen LogP contribution is 2.42. The van der Waals surface area contributed by atoms with Crippen molar-refractivity contribution in [2.45, 2.75) is 84.4 Å². The van der Waals surface area contributed by atoms with Crippen molar-refractivity contribution < 1.29 is 22.7 Å². The van der Waals surface area contributed by atoms with Gasteiger partial charge >= 0.3 is 6.18 Å². The van der Waals surface area contributed by atoms with Gasteiger partial charge in [-0.15, -0.1) is 0 Å². The van der Waals surface area contributed by atoms with Crippen molar-refractivity contribution in [1.29, 1.82) is 0 Å². The number of ether oxygens (including phenoxy) is 1. The summed E-state index contributed by atoms with van der Waals surface area (Å²) in [6.07, 6.45) is 0.0652. The predicted octanol–water partition coefficient (Wildman–Crippen LogP) is 7.97. The third-order valence-electron chi connectivity index (χ3n) is 6.43. The molecule has 5 heteroatoms. The van der Waals surface area contributed by atoms with Crippen LogP contribution < -0.4 is 4.74 Å². The van der Waals surface area contributed by atoms with Crippen LogP contribution in [-0.2, 0) is 12.6 Å². The van der Waals surface area contributed by atoms with Crippen LogP contribution in [0.5, 0.6) is 5.75 Å². The summed E-state index contributed by atoms with van der Waals surface area (Å²) in [6, 6.07) is 9.13. The summed E-state index contributed by atoms with van der Waals surface area (Å²) < 4.78 is 45.1. The molecule has 0 fully saturated rings. The lowest BCUT2D eigenvalue weighted by atomic mass is 9.77. The van der Waals surface area contributed by atoms with Crippen LogP contribution in [0.4, 0.5) is 13.2 Å². The third-order valence-corrected chi connectivity index (χ3v) is 6.43. The van der Waals surface area contributed by atoms with Crippen molar-refractivity contribution in [3.63, 3.8) is 0 Å². The van der Waals surface area contributed by atoms with E-state index in [0.29, 0.717) is 17.7 Å². The number of fused-ring (bicyclic) bond motifs is 1. The SMILES string of the molecule is CCCCCC1C(=O)c2cc(Cc3ccc(C(F)(F)F)cc3)c(C(C)C)cc2OC1(C)C. The number of hydrogen-bond acceptors (Lipinski definition) is 2. The zero-order valence-corrected chi connectivity index (χ0v) is 19.6. The predicted molar refractivity (Wildman–Crippen MR) is 121 cm³/mol. The third kappa shape index (κ3) is 5.19. The van der Waals surface area contributed by atoms with Gasteiger partial charge in [-0.2, -0.15) is 13.2 Å². The number of rotatable bonds is 7. The second-order valence-electron chi connectivity index (χ2n) is 9.69. The fourth-order valence-electron chi connectivity index (χ4n) is 4.57. The van der Waals surface area contributed by atoms with E-state index in [1.165, 1.54) is 12.1 Å². The van der Waals surface area contributed by atoms with Crippen LogP contribution in [0.1, 0.15) is 98.8 Å². The Bertz CT molecular complexity index is 956. The minimum atomic E-state index is -4.35. The van der Waals surface area contributed by atoms with Gasteiger partial charge in [-0.05, 0) is 73.6 Å². The molecule has 0 radical (unpaired) electrons. The maximum atomic E-state index is 13.5. The molecular weight excluding hydrogens is 413 g/mol. The molecule has 0 bridgehead atoms. The number of alkyl halides is 3. The van der Waals surface area contributed by atoms with Gasteiger partial charge in [-0.3, -0.25) is 4.79 Å². The molecule has 1 aliphatic heterocycles. The van der Waals surface area contributed by atoms with Crippen LogP contribution in [-0.4, -0.2) is 11.4 Å². The maximum absolute atomic E-state index is 13.5. The molecule has 1 heterocycles. The molecule has 0 N–H and O–H groups in total. The summed E-state index contributed by atoms with van der Waals surface area (Å²) in [5.41, 5.74) is 2.16. The van der Waals surface area contributed by atoms with Crippen molar-refractivity contribution in [1.82, 2.24) is 0 Å². The lowest BCUT2D eigenvalue weighted by Gasteiger charge is -2.39. The fraction of sp³-hybridized carbons (Fsp3) is 0.519. The van der Waals surface area contributed by atoms with Crippen LogP contribution in [0.25, 0.3) is 0 Å². The number of halogens is 3. The van der Waals surface area contributed by atoms with E-state index in [-0.39, 0.29) is 17.6 Å². The summed E-state index contributed by atoms with van der Waals surface area (Å²) in [4.78, 5) is 13.5. The minimum Gasteiger partial charge on any atom is -0.486 e. The highest BCUT2D eigenvalue weighted by atomic mass is 19.4. The molecule has 0 aromatic heterocycles. The zero-order chi connectivity index (χ0) is 23.7. The standard InChI is InChI=1S/C27H33F3O2/c1-6-7-8-9-23-25(31)22-15-19(14-18-10-12-20(13-11-18)27(28,29)30)21(17(2)3)16-24(22)32-26(23,4)5/h10-13,15-17,23H,6-9,14H2,1-5H3. The van der Waals surface area contributed by atoms with Crippen molar-refractivity contribution in [2.75, 3.05) is 0 Å². The smallest absolute Gasteiger partial charge is 0.416 e. The van der Waals surface area contributed by atoms with Gasteiger partial charge in [0.1, 0.15) is 11.4 Å². The quantitative estimate of drug-likeness (QED) is 0.403. The lowest BCUT2D eigenvalue weighted by molar-refractivity contribution is -0.137. The molecule has 2 aromatic carbocycles. The molecular formula is C27H33F3O2. The zero-order valence-electron chi connectivity index (χ0n) is 19.6. The molecule has 0 amide bonds. The minimum absolute atomic E-state index is 0.108. The van der Waals surface area contributed by atoms with E-state index in [0.717, 1.165) is 54.5 Å². The molecule has 2 aromatic rings. The van der Waals surface area contributed by atoms with E-state index in [4.69, 9.17) is 4.74 Å². The number of unbranched alkanes of at least 4 members (excludes halogenated alkanes) is 2. The molecule has 0 aliphatic carbocycles. The number of Topliss-reactive ketones (excluding diaryl/α,β-unsaturated/α-hetero) is 1. The van der Waals surface area contributed by atoms with Gasteiger partial charge in [0.25, 0.3) is 0 Å². The molecule has 32 heavy (non-hydrogen) atoms. The second-order valence-corrected chi connectivity index (χ2v) is 9.69. The van der Waals surface area contributed by atoms with Crippen molar-refractivity contribution >= 4 is 5.78 Å². The highest BCUT2D eigenvalue weighted by Gasteiger charge is 2.43. The van der Waals surface area contributed by atoms with Crippen molar-refractivity contribution in [3.8, 4) is 5.75 Å². The molecule has 1 atom stereocenters. The first kappa shape index (κ1) is 24.3. The Balaban J connectivity index is 1.96. The van der Waals surface area contributed by atoms with E-state index < -0.39 is 17.3 Å². The number of benzene rings is 2. The topological polar surface area (TPSA) is 26.3 Å². The Labute approximate surface area is 189 Å². The summed E-state index contributed by atoms with van der Waals surface area (Å²) >= 11 is 0. The number of carbonyl (C=O) groups excluding carboxylic acids is 1.